The summed E-state index contributed by atoms with van der Waals surface area (Å²) in [5.74, 6) is -0.922. The number of hydrogen-bond acceptors (Lipinski definition) is 6. The predicted molar refractivity (Wildman–Crippen MR) is 107 cm³/mol. The summed E-state index contributed by atoms with van der Waals surface area (Å²) in [6.45, 7) is 3.89. The molecule has 7 nitrogen and oxygen atoms in total. The molecule has 2 heterocycles. The third kappa shape index (κ3) is 3.63. The lowest BCUT2D eigenvalue weighted by molar-refractivity contribution is 0.0958. The second-order valence-corrected chi connectivity index (χ2v) is 7.31. The standard InChI is InChI=1S/C19H15ClN4O3S/c1-3-23-18(26)15-9(2)13(8-21)19(28-15)24-17(25)12-7-10-6-11(20)4-5-14(10)27-16(12)22/h4-7,22H,3H2,1-2H3,(H,23,26)(H,24,25). The zero-order chi connectivity index (χ0) is 20.4. The van der Waals surface area contributed by atoms with E-state index in [1.165, 1.54) is 6.07 Å². The minimum absolute atomic E-state index is 0.00994. The van der Waals surface area contributed by atoms with Gasteiger partial charge in [-0.05, 0) is 43.7 Å². The maximum atomic E-state index is 12.7. The van der Waals surface area contributed by atoms with E-state index in [1.54, 1.807) is 32.0 Å². The maximum absolute atomic E-state index is 12.7. The van der Waals surface area contributed by atoms with Gasteiger partial charge in [-0.25, -0.2) is 0 Å². The molecule has 0 atom stereocenters. The number of thiophene rings is 1. The fourth-order valence-electron chi connectivity index (χ4n) is 2.64. The van der Waals surface area contributed by atoms with E-state index in [2.05, 4.69) is 10.6 Å². The average molecular weight is 415 g/mol. The number of amides is 2. The smallest absolute Gasteiger partial charge is 0.261 e. The van der Waals surface area contributed by atoms with Crippen LogP contribution in [0.25, 0.3) is 11.0 Å². The predicted octanol–water partition coefficient (Wildman–Crippen LogP) is 3.81. The highest BCUT2D eigenvalue weighted by atomic mass is 35.5. The van der Waals surface area contributed by atoms with Gasteiger partial charge >= 0.3 is 0 Å². The highest BCUT2D eigenvalue weighted by Gasteiger charge is 2.22. The summed E-state index contributed by atoms with van der Waals surface area (Å²) in [5.41, 5.74) is 0.809. The number of fused-ring (bicyclic) bond motifs is 1. The number of anilines is 1. The molecule has 2 aromatic heterocycles. The summed E-state index contributed by atoms with van der Waals surface area (Å²) < 4.78 is 5.38. The highest BCUT2D eigenvalue weighted by molar-refractivity contribution is 7.18. The van der Waals surface area contributed by atoms with Crippen LogP contribution in [0.2, 0.25) is 5.02 Å². The first-order valence-electron chi connectivity index (χ1n) is 8.26. The van der Waals surface area contributed by atoms with Crippen LogP contribution in [-0.4, -0.2) is 18.4 Å². The van der Waals surface area contributed by atoms with E-state index in [4.69, 9.17) is 21.4 Å². The molecule has 0 aliphatic heterocycles. The molecule has 9 heteroatoms. The molecule has 0 spiro atoms. The van der Waals surface area contributed by atoms with E-state index < -0.39 is 5.91 Å². The fraction of sp³-hybridized carbons (Fsp3) is 0.158. The van der Waals surface area contributed by atoms with Crippen molar-refractivity contribution in [2.24, 2.45) is 0 Å². The van der Waals surface area contributed by atoms with Gasteiger partial charge in [0.2, 0.25) is 5.55 Å². The zero-order valence-corrected chi connectivity index (χ0v) is 16.5. The first-order valence-corrected chi connectivity index (χ1v) is 9.46. The third-order valence-electron chi connectivity index (χ3n) is 4.00. The van der Waals surface area contributed by atoms with Gasteiger partial charge in [-0.2, -0.15) is 5.26 Å². The Labute approximate surface area is 169 Å². The summed E-state index contributed by atoms with van der Waals surface area (Å²) in [5, 5.41) is 24.0. The Morgan fingerprint density at radius 3 is 2.75 bits per heavy atom. The Hall–Kier alpha value is -3.15. The zero-order valence-electron chi connectivity index (χ0n) is 15.0. The molecule has 0 bridgehead atoms. The molecular formula is C19H15ClN4O3S. The monoisotopic (exact) mass is 414 g/mol. The van der Waals surface area contributed by atoms with Crippen molar-refractivity contribution in [2.75, 3.05) is 11.9 Å². The number of carbonyl (C=O) groups excluding carboxylic acids is 2. The van der Waals surface area contributed by atoms with E-state index in [0.29, 0.717) is 33.0 Å². The highest BCUT2D eigenvalue weighted by Crippen LogP contribution is 2.32. The number of halogens is 1. The SMILES string of the molecule is CCNC(=O)c1sc(NC(=O)c2cc3cc(Cl)ccc3oc2=N)c(C#N)c1C. The molecule has 0 unspecified atom stereocenters. The van der Waals surface area contributed by atoms with Crippen molar-refractivity contribution >= 4 is 50.7 Å². The Morgan fingerprint density at radius 1 is 1.32 bits per heavy atom. The number of hydrogen-bond donors (Lipinski definition) is 3. The van der Waals surface area contributed by atoms with Crippen molar-refractivity contribution in [2.45, 2.75) is 13.8 Å². The molecule has 0 saturated heterocycles. The van der Waals surface area contributed by atoms with Crippen molar-refractivity contribution in [3.63, 3.8) is 0 Å². The summed E-state index contributed by atoms with van der Waals surface area (Å²) in [6.07, 6.45) is 0. The minimum Gasteiger partial charge on any atom is -0.438 e. The molecule has 0 fully saturated rings. The molecule has 0 saturated carbocycles. The number of nitriles is 1. The molecule has 28 heavy (non-hydrogen) atoms. The van der Waals surface area contributed by atoms with Gasteiger partial charge in [-0.1, -0.05) is 11.6 Å². The summed E-state index contributed by atoms with van der Waals surface area (Å²) >= 11 is 6.99. The van der Waals surface area contributed by atoms with Gasteiger partial charge in [-0.3, -0.25) is 15.0 Å². The quantitative estimate of drug-likeness (QED) is 0.601. The molecular weight excluding hydrogens is 400 g/mol. The van der Waals surface area contributed by atoms with Crippen molar-refractivity contribution in [3.8, 4) is 6.07 Å². The van der Waals surface area contributed by atoms with Gasteiger partial charge in [-0.15, -0.1) is 11.3 Å². The van der Waals surface area contributed by atoms with Crippen LogP contribution in [0.4, 0.5) is 5.00 Å². The Kier molecular flexibility index (Phi) is 5.49. The number of nitrogens with zero attached hydrogens (tertiary/aromatic N) is 1. The number of rotatable bonds is 4. The van der Waals surface area contributed by atoms with Crippen molar-refractivity contribution in [3.05, 3.63) is 56.4 Å². The van der Waals surface area contributed by atoms with Crippen LogP contribution in [0.5, 0.6) is 0 Å². The Bertz CT molecular complexity index is 1210. The van der Waals surface area contributed by atoms with E-state index >= 15 is 0 Å². The van der Waals surface area contributed by atoms with Crippen LogP contribution in [-0.2, 0) is 0 Å². The molecule has 0 radical (unpaired) electrons. The first kappa shape index (κ1) is 19.6. The van der Waals surface area contributed by atoms with Crippen molar-refractivity contribution in [1.29, 1.82) is 10.7 Å². The third-order valence-corrected chi connectivity index (χ3v) is 5.44. The second kappa shape index (κ2) is 7.84. The van der Waals surface area contributed by atoms with Crippen LogP contribution in [0.1, 0.15) is 38.1 Å². The van der Waals surface area contributed by atoms with Crippen LogP contribution in [0.15, 0.2) is 28.7 Å². The van der Waals surface area contributed by atoms with Crippen LogP contribution >= 0.6 is 22.9 Å². The molecule has 2 amide bonds. The number of nitrogens with one attached hydrogen (secondary N) is 3. The van der Waals surface area contributed by atoms with Gasteiger partial charge < -0.3 is 15.1 Å². The molecule has 1 aromatic carbocycles. The lowest BCUT2D eigenvalue weighted by Crippen LogP contribution is -2.22. The fourth-order valence-corrected chi connectivity index (χ4v) is 3.89. The first-order chi connectivity index (χ1) is 13.3. The van der Waals surface area contributed by atoms with Gasteiger partial charge in [0.15, 0.2) is 0 Å². The van der Waals surface area contributed by atoms with Crippen LogP contribution in [0.3, 0.4) is 0 Å². The van der Waals surface area contributed by atoms with E-state index in [-0.39, 0.29) is 27.6 Å². The van der Waals surface area contributed by atoms with Gasteiger partial charge in [0.05, 0.1) is 10.4 Å². The van der Waals surface area contributed by atoms with E-state index in [9.17, 15) is 14.9 Å². The Balaban J connectivity index is 1.99. The van der Waals surface area contributed by atoms with Gasteiger partial charge in [0.25, 0.3) is 11.8 Å². The van der Waals surface area contributed by atoms with E-state index in [0.717, 1.165) is 11.3 Å². The number of carbonyl (C=O) groups is 2. The van der Waals surface area contributed by atoms with Gasteiger partial charge in [0, 0.05) is 17.0 Å². The summed E-state index contributed by atoms with van der Waals surface area (Å²) in [4.78, 5) is 25.2. The molecule has 0 aliphatic rings. The normalized spacial score (nSPS) is 10.5. The molecule has 3 N–H and O–H groups in total. The lowest BCUT2D eigenvalue weighted by atomic mass is 10.1. The van der Waals surface area contributed by atoms with Gasteiger partial charge in [0.1, 0.15) is 22.2 Å². The van der Waals surface area contributed by atoms with Crippen LogP contribution < -0.4 is 16.2 Å². The van der Waals surface area contributed by atoms with Crippen LogP contribution in [0, 0.1) is 23.7 Å². The summed E-state index contributed by atoms with van der Waals surface area (Å²) in [6, 6.07) is 8.39. The number of benzene rings is 1. The maximum Gasteiger partial charge on any atom is 0.261 e. The van der Waals surface area contributed by atoms with Crippen molar-refractivity contribution < 1.29 is 14.0 Å². The Morgan fingerprint density at radius 2 is 2.07 bits per heavy atom. The topological polar surface area (TPSA) is 119 Å². The molecule has 3 rings (SSSR count). The van der Waals surface area contributed by atoms with E-state index in [1.807, 2.05) is 6.07 Å². The second-order valence-electron chi connectivity index (χ2n) is 5.86. The molecule has 0 aliphatic carbocycles. The summed E-state index contributed by atoms with van der Waals surface area (Å²) in [7, 11) is 0. The molecule has 3 aromatic rings. The van der Waals surface area contributed by atoms with Crippen molar-refractivity contribution in [1.82, 2.24) is 5.32 Å². The molecule has 142 valence electrons. The minimum atomic E-state index is -0.615. The lowest BCUT2D eigenvalue weighted by Gasteiger charge is -2.05. The largest absolute Gasteiger partial charge is 0.438 e. The average Bonchev–Trinajstić information content (AvgIpc) is 2.96.